The number of nitrogens with one attached hydrogen (secondary N) is 1. The lowest BCUT2D eigenvalue weighted by atomic mass is 10.1. The molecule has 2 rings (SSSR count). The van der Waals surface area contributed by atoms with E-state index in [1.165, 1.54) is 31.5 Å². The Bertz CT molecular complexity index is 786. The molecule has 0 aliphatic heterocycles. The molecule has 0 bridgehead atoms. The molecule has 0 atom stereocenters. The number of rotatable bonds is 5. The van der Waals surface area contributed by atoms with Crippen LogP contribution in [0.2, 0.25) is 0 Å². The zero-order valence-corrected chi connectivity index (χ0v) is 14.4. The predicted octanol–water partition coefficient (Wildman–Crippen LogP) is 3.08. The van der Waals surface area contributed by atoms with Crippen molar-refractivity contribution < 1.29 is 27.2 Å². The van der Waals surface area contributed by atoms with Crippen LogP contribution in [0.3, 0.4) is 0 Å². The molecule has 140 valence electrons. The number of furan rings is 1. The first-order valence-corrected chi connectivity index (χ1v) is 7.57. The van der Waals surface area contributed by atoms with Crippen LogP contribution in [-0.4, -0.2) is 44.4 Å². The van der Waals surface area contributed by atoms with E-state index in [0.717, 1.165) is 17.0 Å². The molecule has 0 spiro atoms. The van der Waals surface area contributed by atoms with Gasteiger partial charge in [0.1, 0.15) is 0 Å². The zero-order valence-electron chi connectivity index (χ0n) is 14.4. The minimum absolute atomic E-state index is 0.00803. The van der Waals surface area contributed by atoms with Crippen molar-refractivity contribution in [1.82, 2.24) is 4.90 Å². The van der Waals surface area contributed by atoms with E-state index in [-0.39, 0.29) is 18.0 Å². The fourth-order valence-corrected chi connectivity index (χ4v) is 2.27. The van der Waals surface area contributed by atoms with Crippen LogP contribution in [0.15, 0.2) is 41.0 Å². The van der Waals surface area contributed by atoms with E-state index >= 15 is 0 Å². The summed E-state index contributed by atoms with van der Waals surface area (Å²) >= 11 is 0. The van der Waals surface area contributed by atoms with Crippen molar-refractivity contribution in [3.8, 4) is 0 Å². The lowest BCUT2D eigenvalue weighted by molar-refractivity contribution is -0.137. The van der Waals surface area contributed by atoms with Crippen molar-refractivity contribution in [2.45, 2.75) is 6.18 Å². The Morgan fingerprint density at radius 2 is 1.85 bits per heavy atom. The Labute approximate surface area is 148 Å². The second kappa shape index (κ2) is 7.51. The number of benzene rings is 1. The van der Waals surface area contributed by atoms with Gasteiger partial charge in [-0.1, -0.05) is 0 Å². The molecule has 2 amide bonds. The van der Waals surface area contributed by atoms with Crippen molar-refractivity contribution >= 4 is 23.2 Å². The highest BCUT2D eigenvalue weighted by atomic mass is 19.4. The first-order chi connectivity index (χ1) is 12.1. The fraction of sp³-hybridized carbons (Fsp3) is 0.294. The van der Waals surface area contributed by atoms with Crippen LogP contribution in [0.1, 0.15) is 16.1 Å². The molecule has 0 fully saturated rings. The van der Waals surface area contributed by atoms with Gasteiger partial charge in [-0.15, -0.1) is 0 Å². The molecule has 1 heterocycles. The van der Waals surface area contributed by atoms with Gasteiger partial charge in [0.15, 0.2) is 5.76 Å². The summed E-state index contributed by atoms with van der Waals surface area (Å²) in [5, 5.41) is 2.43. The van der Waals surface area contributed by atoms with E-state index < -0.39 is 23.6 Å². The second-order valence-corrected chi connectivity index (χ2v) is 5.81. The Kier molecular flexibility index (Phi) is 5.59. The van der Waals surface area contributed by atoms with Gasteiger partial charge in [0.25, 0.3) is 5.91 Å². The topological polar surface area (TPSA) is 65.8 Å². The van der Waals surface area contributed by atoms with Gasteiger partial charge >= 0.3 is 6.18 Å². The van der Waals surface area contributed by atoms with E-state index in [1.807, 2.05) is 0 Å². The molecule has 0 radical (unpaired) electrons. The van der Waals surface area contributed by atoms with Crippen LogP contribution < -0.4 is 10.2 Å². The van der Waals surface area contributed by atoms with Gasteiger partial charge in [0.2, 0.25) is 5.91 Å². The summed E-state index contributed by atoms with van der Waals surface area (Å²) in [6.45, 7) is -0.345. The van der Waals surface area contributed by atoms with E-state index in [0.29, 0.717) is 5.69 Å². The molecule has 1 N–H and O–H groups in total. The van der Waals surface area contributed by atoms with Gasteiger partial charge in [0.05, 0.1) is 29.7 Å². The molecule has 6 nitrogen and oxygen atoms in total. The Balaban J connectivity index is 2.15. The number of hydrogen-bond donors (Lipinski definition) is 1. The van der Waals surface area contributed by atoms with Crippen LogP contribution in [0.25, 0.3) is 0 Å². The van der Waals surface area contributed by atoms with E-state index in [4.69, 9.17) is 4.42 Å². The molecule has 0 saturated carbocycles. The smallest absolute Gasteiger partial charge is 0.416 e. The molecular formula is C17H18F3N3O3. The maximum atomic E-state index is 12.9. The van der Waals surface area contributed by atoms with Gasteiger partial charge in [-0.2, -0.15) is 13.2 Å². The van der Waals surface area contributed by atoms with Crippen LogP contribution >= 0.6 is 0 Å². The first-order valence-electron chi connectivity index (χ1n) is 7.57. The molecule has 9 heteroatoms. The number of amides is 2. The van der Waals surface area contributed by atoms with Crippen molar-refractivity contribution in [3.63, 3.8) is 0 Å². The van der Waals surface area contributed by atoms with Gasteiger partial charge in [-0.25, -0.2) is 0 Å². The first kappa shape index (κ1) is 19.4. The Hall–Kier alpha value is -2.97. The van der Waals surface area contributed by atoms with E-state index in [1.54, 1.807) is 19.0 Å². The van der Waals surface area contributed by atoms with E-state index in [9.17, 15) is 22.8 Å². The largest absolute Gasteiger partial charge is 0.459 e. The quantitative estimate of drug-likeness (QED) is 0.880. The van der Waals surface area contributed by atoms with Gasteiger partial charge in [-0.05, 0) is 30.3 Å². The third kappa shape index (κ3) is 4.56. The third-order valence-electron chi connectivity index (χ3n) is 3.54. The van der Waals surface area contributed by atoms with Gasteiger partial charge < -0.3 is 19.5 Å². The number of nitrogens with zero attached hydrogens (tertiary/aromatic N) is 2. The van der Waals surface area contributed by atoms with Gasteiger partial charge in [-0.3, -0.25) is 9.59 Å². The number of carbonyl (C=O) groups is 2. The lowest BCUT2D eigenvalue weighted by Gasteiger charge is -2.21. The highest BCUT2D eigenvalue weighted by Gasteiger charge is 2.31. The number of halogens is 3. The van der Waals surface area contributed by atoms with Crippen LogP contribution in [0.4, 0.5) is 24.5 Å². The van der Waals surface area contributed by atoms with Crippen LogP contribution in [0, 0.1) is 0 Å². The highest BCUT2D eigenvalue weighted by Crippen LogP contribution is 2.34. The average Bonchev–Trinajstić information content (AvgIpc) is 3.07. The summed E-state index contributed by atoms with van der Waals surface area (Å²) in [5.41, 5.74) is -0.460. The van der Waals surface area contributed by atoms with Crippen molar-refractivity contribution in [1.29, 1.82) is 0 Å². The fourth-order valence-electron chi connectivity index (χ4n) is 2.27. The summed E-state index contributed by atoms with van der Waals surface area (Å²) in [5.74, 6) is -1.08. The van der Waals surface area contributed by atoms with Crippen LogP contribution in [0.5, 0.6) is 0 Å². The van der Waals surface area contributed by atoms with Gasteiger partial charge in [0, 0.05) is 21.1 Å². The normalized spacial score (nSPS) is 11.2. The molecule has 26 heavy (non-hydrogen) atoms. The van der Waals surface area contributed by atoms with Crippen LogP contribution in [-0.2, 0) is 11.0 Å². The Morgan fingerprint density at radius 3 is 2.38 bits per heavy atom. The number of carbonyl (C=O) groups excluding carboxylic acids is 2. The molecule has 0 aliphatic carbocycles. The molecule has 1 aromatic heterocycles. The molecule has 1 aromatic carbocycles. The van der Waals surface area contributed by atoms with E-state index in [2.05, 4.69) is 5.32 Å². The predicted molar refractivity (Wildman–Crippen MR) is 90.1 cm³/mol. The molecule has 0 aliphatic rings. The minimum atomic E-state index is -4.53. The maximum absolute atomic E-state index is 12.9. The number of likely N-dealkylation sites (N-methyl/N-ethyl adjacent to an activating group) is 1. The Morgan fingerprint density at radius 1 is 1.15 bits per heavy atom. The van der Waals surface area contributed by atoms with Crippen molar-refractivity contribution in [2.24, 2.45) is 0 Å². The standard InChI is InChI=1S/C17H18F3N3O3/c1-22(2)13-7-6-11(17(18,19)20)9-12(13)21-15(24)10-23(3)16(25)14-5-4-8-26-14/h4-9H,10H2,1-3H3,(H,21,24). The monoisotopic (exact) mass is 369 g/mol. The summed E-state index contributed by atoms with van der Waals surface area (Å²) in [4.78, 5) is 26.9. The number of alkyl halides is 3. The summed E-state index contributed by atoms with van der Waals surface area (Å²) in [6, 6.07) is 6.07. The lowest BCUT2D eigenvalue weighted by Crippen LogP contribution is -2.35. The summed E-state index contributed by atoms with van der Waals surface area (Å²) < 4.78 is 43.7. The average molecular weight is 369 g/mol. The molecule has 2 aromatic rings. The number of hydrogen-bond acceptors (Lipinski definition) is 4. The van der Waals surface area contributed by atoms with Crippen molar-refractivity contribution in [2.75, 3.05) is 37.9 Å². The highest BCUT2D eigenvalue weighted by molar-refractivity contribution is 5.99. The molecule has 0 unspecified atom stereocenters. The van der Waals surface area contributed by atoms with Crippen molar-refractivity contribution in [3.05, 3.63) is 47.9 Å². The third-order valence-corrected chi connectivity index (χ3v) is 3.54. The summed E-state index contributed by atoms with van der Waals surface area (Å²) in [7, 11) is 4.68. The SMILES string of the molecule is CN(CC(=O)Nc1cc(C(F)(F)F)ccc1N(C)C)C(=O)c1ccco1. The molecular weight excluding hydrogens is 351 g/mol. The second-order valence-electron chi connectivity index (χ2n) is 5.81. The molecule has 0 saturated heterocycles. The summed E-state index contributed by atoms with van der Waals surface area (Å²) in [6.07, 6.45) is -3.20. The minimum Gasteiger partial charge on any atom is -0.459 e. The number of anilines is 2. The maximum Gasteiger partial charge on any atom is 0.416 e. The zero-order chi connectivity index (χ0) is 19.5.